The minimum absolute atomic E-state index is 0.168. The fourth-order valence-corrected chi connectivity index (χ4v) is 1.74. The summed E-state index contributed by atoms with van der Waals surface area (Å²) in [6, 6.07) is 13.0. The van der Waals surface area contributed by atoms with Gasteiger partial charge in [0.1, 0.15) is 5.69 Å². The van der Waals surface area contributed by atoms with E-state index in [1.54, 1.807) is 0 Å². The Balaban J connectivity index is 2.15. The van der Waals surface area contributed by atoms with Crippen molar-refractivity contribution in [1.29, 1.82) is 0 Å². The minimum Gasteiger partial charge on any atom is -0.394 e. The van der Waals surface area contributed by atoms with Gasteiger partial charge < -0.3 is 15.4 Å². The molecule has 5 nitrogen and oxygen atoms in total. The number of carbonyl (C=O) groups is 1. The molecule has 5 heteroatoms. The number of H-pyrrole nitrogens is 1. The van der Waals surface area contributed by atoms with Crippen LogP contribution in [-0.2, 0) is 0 Å². The first-order valence-corrected chi connectivity index (χ1v) is 5.86. The Bertz CT molecular complexity index is 607. The van der Waals surface area contributed by atoms with E-state index in [2.05, 4.69) is 10.3 Å². The van der Waals surface area contributed by atoms with Crippen molar-refractivity contribution in [2.24, 2.45) is 0 Å². The van der Waals surface area contributed by atoms with E-state index in [4.69, 9.17) is 0 Å². The zero-order valence-electron chi connectivity index (χ0n) is 10.2. The van der Waals surface area contributed by atoms with Crippen LogP contribution in [0.25, 0.3) is 0 Å². The third kappa shape index (κ3) is 3.29. The van der Waals surface area contributed by atoms with Crippen molar-refractivity contribution in [3.05, 3.63) is 70.1 Å². The van der Waals surface area contributed by atoms with Crippen molar-refractivity contribution in [1.82, 2.24) is 10.3 Å². The Morgan fingerprint density at radius 2 is 1.89 bits per heavy atom. The summed E-state index contributed by atoms with van der Waals surface area (Å²) in [5, 5.41) is 12.0. The van der Waals surface area contributed by atoms with Gasteiger partial charge in [-0.05, 0) is 11.6 Å². The Morgan fingerprint density at radius 3 is 2.53 bits per heavy atom. The lowest BCUT2D eigenvalue weighted by Crippen LogP contribution is -2.32. The number of hydrogen-bond donors (Lipinski definition) is 3. The lowest BCUT2D eigenvalue weighted by molar-refractivity contribution is 0.0911. The fraction of sp³-hybridized carbons (Fsp3) is 0.143. The SMILES string of the molecule is O=C(N[C@H](CO)c1ccccc1)c1cccc(=O)[nH]1. The molecule has 0 spiro atoms. The molecule has 2 rings (SSSR count). The van der Waals surface area contributed by atoms with E-state index >= 15 is 0 Å². The average molecular weight is 258 g/mol. The summed E-state index contributed by atoms with van der Waals surface area (Å²) in [5.74, 6) is -0.430. The molecule has 0 saturated heterocycles. The molecular formula is C14H14N2O3. The lowest BCUT2D eigenvalue weighted by Gasteiger charge is -2.16. The smallest absolute Gasteiger partial charge is 0.268 e. The van der Waals surface area contributed by atoms with Gasteiger partial charge >= 0.3 is 0 Å². The summed E-state index contributed by atoms with van der Waals surface area (Å²) < 4.78 is 0. The van der Waals surface area contributed by atoms with Crippen LogP contribution < -0.4 is 10.9 Å². The first-order valence-electron chi connectivity index (χ1n) is 5.86. The molecule has 2 aromatic rings. The van der Waals surface area contributed by atoms with Crippen molar-refractivity contribution >= 4 is 5.91 Å². The van der Waals surface area contributed by atoms with Crippen LogP contribution in [0.4, 0.5) is 0 Å². The summed E-state index contributed by atoms with van der Waals surface area (Å²) in [4.78, 5) is 25.5. The van der Waals surface area contributed by atoms with Gasteiger partial charge in [0, 0.05) is 6.07 Å². The van der Waals surface area contributed by atoms with Gasteiger partial charge in [0.15, 0.2) is 0 Å². The molecule has 19 heavy (non-hydrogen) atoms. The highest BCUT2D eigenvalue weighted by atomic mass is 16.3. The number of aliphatic hydroxyl groups excluding tert-OH is 1. The highest BCUT2D eigenvalue weighted by Gasteiger charge is 2.14. The molecule has 0 unspecified atom stereocenters. The second-order valence-corrected chi connectivity index (χ2v) is 4.05. The summed E-state index contributed by atoms with van der Waals surface area (Å²) >= 11 is 0. The summed E-state index contributed by atoms with van der Waals surface area (Å²) in [6.07, 6.45) is 0. The molecule has 1 aromatic heterocycles. The van der Waals surface area contributed by atoms with E-state index in [-0.39, 0.29) is 17.9 Å². The number of amides is 1. The number of aliphatic hydroxyl groups is 1. The highest BCUT2D eigenvalue weighted by Crippen LogP contribution is 2.12. The number of nitrogens with one attached hydrogen (secondary N) is 2. The van der Waals surface area contributed by atoms with Crippen molar-refractivity contribution in [2.45, 2.75) is 6.04 Å². The maximum atomic E-state index is 11.9. The summed E-state index contributed by atoms with van der Waals surface area (Å²) in [5.41, 5.74) is 0.631. The first-order chi connectivity index (χ1) is 9.20. The van der Waals surface area contributed by atoms with Crippen molar-refractivity contribution < 1.29 is 9.90 Å². The topological polar surface area (TPSA) is 82.2 Å². The lowest BCUT2D eigenvalue weighted by atomic mass is 10.1. The largest absolute Gasteiger partial charge is 0.394 e. The van der Waals surface area contributed by atoms with E-state index in [9.17, 15) is 14.7 Å². The number of aromatic nitrogens is 1. The van der Waals surface area contributed by atoms with Gasteiger partial charge in [-0.2, -0.15) is 0 Å². The molecule has 0 bridgehead atoms. The molecule has 0 aliphatic rings. The predicted octanol–water partition coefficient (Wildman–Crippen LogP) is 0.838. The van der Waals surface area contributed by atoms with Crippen LogP contribution in [0.2, 0.25) is 0 Å². The third-order valence-corrected chi connectivity index (χ3v) is 2.70. The first kappa shape index (κ1) is 13.0. The Kier molecular flexibility index (Phi) is 4.10. The quantitative estimate of drug-likeness (QED) is 0.760. The minimum atomic E-state index is -0.502. The third-order valence-electron chi connectivity index (χ3n) is 2.70. The molecule has 1 heterocycles. The van der Waals surface area contributed by atoms with E-state index in [0.29, 0.717) is 0 Å². The number of aromatic amines is 1. The van der Waals surface area contributed by atoms with Crippen LogP contribution in [0.3, 0.4) is 0 Å². The summed E-state index contributed by atoms with van der Waals surface area (Å²) in [7, 11) is 0. The molecule has 0 saturated carbocycles. The Labute approximate surface area is 109 Å². The molecular weight excluding hydrogens is 244 g/mol. The van der Waals surface area contributed by atoms with Crippen LogP contribution in [0.15, 0.2) is 53.3 Å². The number of pyridine rings is 1. The van der Waals surface area contributed by atoms with Gasteiger partial charge in [-0.1, -0.05) is 36.4 Å². The molecule has 1 atom stereocenters. The van der Waals surface area contributed by atoms with E-state index in [0.717, 1.165) is 5.56 Å². The zero-order valence-corrected chi connectivity index (χ0v) is 10.2. The van der Waals surface area contributed by atoms with Crippen LogP contribution in [-0.4, -0.2) is 22.6 Å². The number of hydrogen-bond acceptors (Lipinski definition) is 3. The molecule has 0 radical (unpaired) electrons. The van der Waals surface area contributed by atoms with Gasteiger partial charge in [0.05, 0.1) is 12.6 Å². The number of rotatable bonds is 4. The van der Waals surface area contributed by atoms with Crippen molar-refractivity contribution in [3.63, 3.8) is 0 Å². The maximum Gasteiger partial charge on any atom is 0.268 e. The molecule has 0 fully saturated rings. The van der Waals surface area contributed by atoms with Crippen LogP contribution >= 0.6 is 0 Å². The second-order valence-electron chi connectivity index (χ2n) is 4.05. The average Bonchev–Trinajstić information content (AvgIpc) is 2.45. The second kappa shape index (κ2) is 5.97. The van der Waals surface area contributed by atoms with Crippen LogP contribution in [0, 0.1) is 0 Å². The Hall–Kier alpha value is -2.40. The molecule has 0 aliphatic heterocycles. The molecule has 1 amide bonds. The van der Waals surface area contributed by atoms with Crippen LogP contribution in [0.1, 0.15) is 22.1 Å². The van der Waals surface area contributed by atoms with Gasteiger partial charge in [-0.3, -0.25) is 9.59 Å². The molecule has 1 aromatic carbocycles. The highest BCUT2D eigenvalue weighted by molar-refractivity contribution is 5.92. The normalized spacial score (nSPS) is 11.8. The standard InChI is InChI=1S/C14H14N2O3/c17-9-12(10-5-2-1-3-6-10)16-14(19)11-7-4-8-13(18)15-11/h1-8,12,17H,9H2,(H,15,18)(H,16,19)/t12-/m1/s1. The monoisotopic (exact) mass is 258 g/mol. The van der Waals surface area contributed by atoms with Gasteiger partial charge in [0.2, 0.25) is 5.56 Å². The van der Waals surface area contributed by atoms with E-state index in [1.165, 1.54) is 18.2 Å². The van der Waals surface area contributed by atoms with E-state index in [1.807, 2.05) is 30.3 Å². The number of carbonyl (C=O) groups excluding carboxylic acids is 1. The van der Waals surface area contributed by atoms with Crippen molar-refractivity contribution in [3.8, 4) is 0 Å². The van der Waals surface area contributed by atoms with Gasteiger partial charge in [-0.15, -0.1) is 0 Å². The Morgan fingerprint density at radius 1 is 1.16 bits per heavy atom. The maximum absolute atomic E-state index is 11.9. The van der Waals surface area contributed by atoms with Gasteiger partial charge in [-0.25, -0.2) is 0 Å². The summed E-state index contributed by atoms with van der Waals surface area (Å²) in [6.45, 7) is -0.215. The molecule has 98 valence electrons. The van der Waals surface area contributed by atoms with Crippen molar-refractivity contribution in [2.75, 3.05) is 6.61 Å². The predicted molar refractivity (Wildman–Crippen MR) is 70.8 cm³/mol. The van der Waals surface area contributed by atoms with Gasteiger partial charge in [0.25, 0.3) is 5.91 Å². The zero-order chi connectivity index (χ0) is 13.7. The number of benzene rings is 1. The molecule has 3 N–H and O–H groups in total. The molecule has 0 aliphatic carbocycles. The van der Waals surface area contributed by atoms with E-state index < -0.39 is 11.9 Å². The fourth-order valence-electron chi connectivity index (χ4n) is 1.74. The van der Waals surface area contributed by atoms with Crippen LogP contribution in [0.5, 0.6) is 0 Å².